The van der Waals surface area contributed by atoms with E-state index in [1.807, 2.05) is 0 Å². The van der Waals surface area contributed by atoms with Gasteiger partial charge in [0.25, 0.3) is 0 Å². The number of halogens is 1. The zero-order valence-corrected chi connectivity index (χ0v) is 8.87. The fourth-order valence-corrected chi connectivity index (χ4v) is 1.34. The Morgan fingerprint density at radius 3 is 2.47 bits per heavy atom. The van der Waals surface area contributed by atoms with Gasteiger partial charge in [-0.3, -0.25) is 0 Å². The molecule has 0 fully saturated rings. The van der Waals surface area contributed by atoms with E-state index in [1.54, 1.807) is 30.3 Å². The zero-order chi connectivity index (χ0) is 11.3. The van der Waals surface area contributed by atoms with Crippen LogP contribution in [0.2, 0.25) is 0 Å². The SMILES string of the molecule is Nc1ccc(C=C(CCCl)C(=O)O)cc1. The Morgan fingerprint density at radius 1 is 1.40 bits per heavy atom. The molecular weight excluding hydrogens is 214 g/mol. The van der Waals surface area contributed by atoms with Crippen LogP contribution in [0.4, 0.5) is 5.69 Å². The molecule has 0 atom stereocenters. The second kappa shape index (κ2) is 5.41. The van der Waals surface area contributed by atoms with Crippen LogP contribution in [0.5, 0.6) is 0 Å². The lowest BCUT2D eigenvalue weighted by atomic mass is 10.1. The first-order valence-electron chi connectivity index (χ1n) is 4.49. The molecule has 3 N–H and O–H groups in total. The molecule has 0 amide bonds. The van der Waals surface area contributed by atoms with Gasteiger partial charge in [0.1, 0.15) is 0 Å². The summed E-state index contributed by atoms with van der Waals surface area (Å²) in [4.78, 5) is 10.8. The molecule has 0 aliphatic heterocycles. The fraction of sp³-hybridized carbons (Fsp3) is 0.182. The van der Waals surface area contributed by atoms with Crippen LogP contribution in [-0.4, -0.2) is 17.0 Å². The summed E-state index contributed by atoms with van der Waals surface area (Å²) in [6, 6.07) is 7.00. The molecule has 0 aliphatic rings. The van der Waals surface area contributed by atoms with E-state index in [9.17, 15) is 4.79 Å². The van der Waals surface area contributed by atoms with Crippen LogP contribution in [0.1, 0.15) is 12.0 Å². The van der Waals surface area contributed by atoms with Gasteiger partial charge in [0.15, 0.2) is 0 Å². The fourth-order valence-electron chi connectivity index (χ4n) is 1.14. The minimum Gasteiger partial charge on any atom is -0.478 e. The third-order valence-corrected chi connectivity index (χ3v) is 2.10. The summed E-state index contributed by atoms with van der Waals surface area (Å²) in [5, 5.41) is 8.87. The van der Waals surface area contributed by atoms with Crippen LogP contribution in [0.3, 0.4) is 0 Å². The monoisotopic (exact) mass is 225 g/mol. The third kappa shape index (κ3) is 3.64. The van der Waals surface area contributed by atoms with E-state index in [-0.39, 0.29) is 0 Å². The molecule has 0 radical (unpaired) electrons. The van der Waals surface area contributed by atoms with E-state index < -0.39 is 5.97 Å². The van der Waals surface area contributed by atoms with E-state index in [0.29, 0.717) is 23.6 Å². The van der Waals surface area contributed by atoms with Crippen LogP contribution >= 0.6 is 11.6 Å². The molecule has 0 unspecified atom stereocenters. The molecule has 80 valence electrons. The van der Waals surface area contributed by atoms with Crippen molar-refractivity contribution in [3.05, 3.63) is 35.4 Å². The first kappa shape index (κ1) is 11.6. The summed E-state index contributed by atoms with van der Waals surface area (Å²) >= 11 is 5.51. The van der Waals surface area contributed by atoms with E-state index in [0.717, 1.165) is 5.56 Å². The van der Waals surface area contributed by atoms with Gasteiger partial charge in [-0.2, -0.15) is 0 Å². The lowest BCUT2D eigenvalue weighted by Gasteiger charge is -2.00. The largest absolute Gasteiger partial charge is 0.478 e. The average molecular weight is 226 g/mol. The van der Waals surface area contributed by atoms with Crippen LogP contribution in [-0.2, 0) is 4.79 Å². The minimum absolute atomic E-state index is 0.299. The smallest absolute Gasteiger partial charge is 0.331 e. The highest BCUT2D eigenvalue weighted by Gasteiger charge is 2.05. The van der Waals surface area contributed by atoms with Gasteiger partial charge in [0.2, 0.25) is 0 Å². The lowest BCUT2D eigenvalue weighted by Crippen LogP contribution is -2.00. The molecular formula is C11H12ClNO2. The van der Waals surface area contributed by atoms with E-state index >= 15 is 0 Å². The first-order valence-corrected chi connectivity index (χ1v) is 5.02. The summed E-state index contributed by atoms with van der Waals surface area (Å²) in [5.41, 5.74) is 7.28. The number of carboxylic acids is 1. The van der Waals surface area contributed by atoms with Crippen molar-refractivity contribution >= 4 is 29.3 Å². The van der Waals surface area contributed by atoms with Gasteiger partial charge in [0, 0.05) is 17.1 Å². The summed E-state index contributed by atoms with van der Waals surface area (Å²) < 4.78 is 0. The number of hydrogen-bond donors (Lipinski definition) is 2. The van der Waals surface area contributed by atoms with Gasteiger partial charge in [-0.05, 0) is 30.2 Å². The molecule has 1 aromatic rings. The van der Waals surface area contributed by atoms with Crippen molar-refractivity contribution in [1.82, 2.24) is 0 Å². The Balaban J connectivity index is 2.91. The number of carbonyl (C=O) groups is 1. The Bertz CT molecular complexity index is 371. The van der Waals surface area contributed by atoms with E-state index in [4.69, 9.17) is 22.4 Å². The predicted molar refractivity (Wildman–Crippen MR) is 61.8 cm³/mol. The predicted octanol–water partition coefficient (Wildman–Crippen LogP) is 2.37. The number of aliphatic carboxylic acids is 1. The molecule has 4 heteroatoms. The highest BCUT2D eigenvalue weighted by Crippen LogP contribution is 2.12. The molecule has 0 bridgehead atoms. The third-order valence-electron chi connectivity index (χ3n) is 1.92. The highest BCUT2D eigenvalue weighted by molar-refractivity contribution is 6.18. The number of rotatable bonds is 4. The summed E-state index contributed by atoms with van der Waals surface area (Å²) in [7, 11) is 0. The van der Waals surface area contributed by atoms with Crippen LogP contribution in [0.15, 0.2) is 29.8 Å². The molecule has 1 rings (SSSR count). The summed E-state index contributed by atoms with van der Waals surface area (Å²) in [6.45, 7) is 0. The maximum atomic E-state index is 10.8. The first-order chi connectivity index (χ1) is 7.13. The maximum Gasteiger partial charge on any atom is 0.331 e. The number of nitrogen functional groups attached to an aromatic ring is 1. The molecule has 0 heterocycles. The second-order valence-electron chi connectivity index (χ2n) is 3.08. The van der Waals surface area contributed by atoms with Crippen molar-refractivity contribution in [1.29, 1.82) is 0 Å². The Hall–Kier alpha value is -1.48. The van der Waals surface area contributed by atoms with Crippen LogP contribution in [0, 0.1) is 0 Å². The number of benzene rings is 1. The molecule has 0 aromatic heterocycles. The molecule has 0 aliphatic carbocycles. The van der Waals surface area contributed by atoms with Gasteiger partial charge in [-0.15, -0.1) is 11.6 Å². The minimum atomic E-state index is -0.938. The average Bonchev–Trinajstić information content (AvgIpc) is 2.20. The number of alkyl halides is 1. The quantitative estimate of drug-likeness (QED) is 0.470. The van der Waals surface area contributed by atoms with Crippen molar-refractivity contribution in [2.75, 3.05) is 11.6 Å². The van der Waals surface area contributed by atoms with Crippen molar-refractivity contribution in [2.24, 2.45) is 0 Å². The van der Waals surface area contributed by atoms with Gasteiger partial charge >= 0.3 is 5.97 Å². The lowest BCUT2D eigenvalue weighted by molar-refractivity contribution is -0.132. The van der Waals surface area contributed by atoms with Crippen LogP contribution in [0.25, 0.3) is 6.08 Å². The molecule has 0 saturated carbocycles. The van der Waals surface area contributed by atoms with Gasteiger partial charge in [-0.25, -0.2) is 4.79 Å². The van der Waals surface area contributed by atoms with Crippen molar-refractivity contribution < 1.29 is 9.90 Å². The van der Waals surface area contributed by atoms with Crippen molar-refractivity contribution in [3.63, 3.8) is 0 Å². The van der Waals surface area contributed by atoms with Crippen LogP contribution < -0.4 is 5.73 Å². The summed E-state index contributed by atoms with van der Waals surface area (Å²) in [5.74, 6) is -0.639. The standard InChI is InChI=1S/C11H12ClNO2/c12-6-5-9(11(14)15)7-8-1-3-10(13)4-2-8/h1-4,7H,5-6,13H2,(H,14,15). The molecule has 3 nitrogen and oxygen atoms in total. The number of hydrogen-bond acceptors (Lipinski definition) is 2. The van der Waals surface area contributed by atoms with Crippen molar-refractivity contribution in [3.8, 4) is 0 Å². The van der Waals surface area contributed by atoms with Gasteiger partial charge < -0.3 is 10.8 Å². The topological polar surface area (TPSA) is 63.3 Å². The Kier molecular flexibility index (Phi) is 4.18. The molecule has 0 spiro atoms. The Morgan fingerprint density at radius 2 is 2.00 bits per heavy atom. The number of nitrogens with two attached hydrogens (primary N) is 1. The van der Waals surface area contributed by atoms with E-state index in [1.165, 1.54) is 0 Å². The zero-order valence-electron chi connectivity index (χ0n) is 8.11. The normalized spacial score (nSPS) is 11.4. The van der Waals surface area contributed by atoms with Gasteiger partial charge in [-0.1, -0.05) is 12.1 Å². The maximum absolute atomic E-state index is 10.8. The van der Waals surface area contributed by atoms with E-state index in [2.05, 4.69) is 0 Å². The molecule has 1 aromatic carbocycles. The highest BCUT2D eigenvalue weighted by atomic mass is 35.5. The summed E-state index contributed by atoms with van der Waals surface area (Å²) in [6.07, 6.45) is 1.95. The molecule has 15 heavy (non-hydrogen) atoms. The Labute approximate surface area is 93.2 Å². The number of anilines is 1. The second-order valence-corrected chi connectivity index (χ2v) is 3.46. The van der Waals surface area contributed by atoms with Crippen molar-refractivity contribution in [2.45, 2.75) is 6.42 Å². The molecule has 0 saturated heterocycles. The van der Waals surface area contributed by atoms with Gasteiger partial charge in [0.05, 0.1) is 0 Å². The number of carboxylic acid groups (broad SMARTS) is 1.